The number of halogens is 1. The van der Waals surface area contributed by atoms with E-state index in [1.165, 1.54) is 35.6 Å². The van der Waals surface area contributed by atoms with Gasteiger partial charge < -0.3 is 5.32 Å². The Morgan fingerprint density at radius 3 is 2.76 bits per heavy atom. The molecule has 9 heteroatoms. The minimum absolute atomic E-state index is 0.0811. The molecule has 0 unspecified atom stereocenters. The highest BCUT2D eigenvalue weighted by Gasteiger charge is 2.15. The summed E-state index contributed by atoms with van der Waals surface area (Å²) in [5.41, 5.74) is 3.28. The molecule has 0 bridgehead atoms. The number of nitro benzene ring substituents is 1. The van der Waals surface area contributed by atoms with Gasteiger partial charge in [-0.15, -0.1) is 11.3 Å². The Kier molecular flexibility index (Phi) is 4.81. The standard InChI is InChI=1S/C20H15FN4O3S/c1-12-2-7-15(25(27)28)8-17(12)22-19(26)9-16-11-29-20-23-18(10-24(16)20)13-3-5-14(21)6-4-13/h2-8,10-11H,9H2,1H3,(H,22,26). The van der Waals surface area contributed by atoms with Gasteiger partial charge in [0.2, 0.25) is 5.91 Å². The van der Waals surface area contributed by atoms with E-state index in [0.717, 1.165) is 21.8 Å². The van der Waals surface area contributed by atoms with Crippen molar-refractivity contribution in [3.63, 3.8) is 0 Å². The molecule has 1 N–H and O–H groups in total. The molecule has 0 radical (unpaired) electrons. The zero-order valence-corrected chi connectivity index (χ0v) is 16.1. The lowest BCUT2D eigenvalue weighted by Gasteiger charge is -2.08. The maximum absolute atomic E-state index is 13.1. The summed E-state index contributed by atoms with van der Waals surface area (Å²) in [6, 6.07) is 10.4. The number of hydrogen-bond donors (Lipinski definition) is 1. The van der Waals surface area contributed by atoms with Gasteiger partial charge in [0, 0.05) is 35.0 Å². The molecule has 0 atom stereocenters. The number of nitrogens with zero attached hydrogens (tertiary/aromatic N) is 3. The van der Waals surface area contributed by atoms with Gasteiger partial charge in [0.25, 0.3) is 5.69 Å². The first-order chi connectivity index (χ1) is 13.9. The summed E-state index contributed by atoms with van der Waals surface area (Å²) in [6.45, 7) is 1.77. The summed E-state index contributed by atoms with van der Waals surface area (Å²) in [5, 5.41) is 15.5. The van der Waals surface area contributed by atoms with Crippen molar-refractivity contribution in [3.05, 3.63) is 81.2 Å². The van der Waals surface area contributed by atoms with Gasteiger partial charge in [-0.25, -0.2) is 9.37 Å². The number of carbonyl (C=O) groups excluding carboxylic acids is 1. The Hall–Kier alpha value is -3.59. The van der Waals surface area contributed by atoms with E-state index in [-0.39, 0.29) is 23.8 Å². The highest BCUT2D eigenvalue weighted by Crippen LogP contribution is 2.25. The van der Waals surface area contributed by atoms with Crippen molar-refractivity contribution in [2.24, 2.45) is 0 Å². The zero-order chi connectivity index (χ0) is 20.5. The molecule has 0 fully saturated rings. The number of hydrogen-bond acceptors (Lipinski definition) is 5. The van der Waals surface area contributed by atoms with Crippen LogP contribution < -0.4 is 5.32 Å². The number of carbonyl (C=O) groups is 1. The normalized spacial score (nSPS) is 11.0. The number of benzene rings is 2. The molecule has 0 aliphatic carbocycles. The number of amides is 1. The molecular formula is C20H15FN4O3S. The van der Waals surface area contributed by atoms with Gasteiger partial charge in [-0.1, -0.05) is 6.07 Å². The van der Waals surface area contributed by atoms with Gasteiger partial charge in [-0.3, -0.25) is 19.3 Å². The fourth-order valence-corrected chi connectivity index (χ4v) is 3.81. The molecule has 2 aromatic heterocycles. The van der Waals surface area contributed by atoms with Crippen LogP contribution in [0.5, 0.6) is 0 Å². The molecule has 29 heavy (non-hydrogen) atoms. The van der Waals surface area contributed by atoms with E-state index >= 15 is 0 Å². The molecule has 0 saturated heterocycles. The number of nitrogens with one attached hydrogen (secondary N) is 1. The number of anilines is 1. The first-order valence-corrected chi connectivity index (χ1v) is 9.55. The lowest BCUT2D eigenvalue weighted by Crippen LogP contribution is -2.16. The van der Waals surface area contributed by atoms with Crippen LogP contribution in [0.3, 0.4) is 0 Å². The maximum Gasteiger partial charge on any atom is 0.271 e. The number of aromatic nitrogens is 2. The number of aryl methyl sites for hydroxylation is 1. The lowest BCUT2D eigenvalue weighted by molar-refractivity contribution is -0.384. The zero-order valence-electron chi connectivity index (χ0n) is 15.3. The van der Waals surface area contributed by atoms with Crippen molar-refractivity contribution in [1.29, 1.82) is 0 Å². The number of thiazole rings is 1. The molecule has 7 nitrogen and oxygen atoms in total. The topological polar surface area (TPSA) is 89.5 Å². The quantitative estimate of drug-likeness (QED) is 0.385. The van der Waals surface area contributed by atoms with Crippen LogP contribution in [0.25, 0.3) is 16.2 Å². The molecule has 2 heterocycles. The van der Waals surface area contributed by atoms with Gasteiger partial charge >= 0.3 is 0 Å². The molecule has 146 valence electrons. The predicted molar refractivity (Wildman–Crippen MR) is 109 cm³/mol. The number of fused-ring (bicyclic) bond motifs is 1. The monoisotopic (exact) mass is 410 g/mol. The SMILES string of the molecule is Cc1ccc([N+](=O)[O-])cc1NC(=O)Cc1csc2nc(-c3ccc(F)cc3)cn12. The van der Waals surface area contributed by atoms with Crippen LogP contribution in [0.15, 0.2) is 54.0 Å². The summed E-state index contributed by atoms with van der Waals surface area (Å²) in [4.78, 5) is 28.2. The third kappa shape index (κ3) is 3.85. The molecule has 4 rings (SSSR count). The first kappa shape index (κ1) is 18.8. The summed E-state index contributed by atoms with van der Waals surface area (Å²) < 4.78 is 14.9. The van der Waals surface area contributed by atoms with E-state index in [1.54, 1.807) is 31.3 Å². The van der Waals surface area contributed by atoms with Crippen LogP contribution in [-0.4, -0.2) is 20.2 Å². The Balaban J connectivity index is 1.55. The van der Waals surface area contributed by atoms with Gasteiger partial charge in [0.15, 0.2) is 4.96 Å². The average molecular weight is 410 g/mol. The molecule has 0 aliphatic heterocycles. The van der Waals surface area contributed by atoms with Crippen molar-refractivity contribution >= 4 is 33.6 Å². The Morgan fingerprint density at radius 1 is 1.28 bits per heavy atom. The molecule has 1 amide bonds. The van der Waals surface area contributed by atoms with Crippen LogP contribution in [0.4, 0.5) is 15.8 Å². The summed E-state index contributed by atoms with van der Waals surface area (Å²) in [5.74, 6) is -0.603. The van der Waals surface area contributed by atoms with Crippen LogP contribution >= 0.6 is 11.3 Å². The Morgan fingerprint density at radius 2 is 2.03 bits per heavy atom. The van der Waals surface area contributed by atoms with E-state index in [2.05, 4.69) is 10.3 Å². The second-order valence-corrected chi connectivity index (χ2v) is 7.33. The van der Waals surface area contributed by atoms with E-state index in [9.17, 15) is 19.3 Å². The van der Waals surface area contributed by atoms with Crippen LogP contribution in [0, 0.1) is 22.9 Å². The maximum atomic E-state index is 13.1. The van der Waals surface area contributed by atoms with Crippen LogP contribution in [0.2, 0.25) is 0 Å². The van der Waals surface area contributed by atoms with E-state index < -0.39 is 4.92 Å². The highest BCUT2D eigenvalue weighted by atomic mass is 32.1. The largest absolute Gasteiger partial charge is 0.325 e. The van der Waals surface area contributed by atoms with Crippen LogP contribution in [0.1, 0.15) is 11.3 Å². The van der Waals surface area contributed by atoms with Crippen LogP contribution in [-0.2, 0) is 11.2 Å². The summed E-state index contributed by atoms with van der Waals surface area (Å²) in [6.07, 6.45) is 1.89. The molecule has 0 saturated carbocycles. The van der Waals surface area contributed by atoms with Crippen molar-refractivity contribution in [1.82, 2.24) is 9.38 Å². The summed E-state index contributed by atoms with van der Waals surface area (Å²) in [7, 11) is 0. The Bertz CT molecular complexity index is 1230. The molecule has 0 aliphatic rings. The van der Waals surface area contributed by atoms with Crippen molar-refractivity contribution < 1.29 is 14.1 Å². The third-order valence-corrected chi connectivity index (χ3v) is 5.36. The smallest absolute Gasteiger partial charge is 0.271 e. The van der Waals surface area contributed by atoms with Gasteiger partial charge in [0.1, 0.15) is 5.82 Å². The van der Waals surface area contributed by atoms with Gasteiger partial charge in [0.05, 0.1) is 22.7 Å². The fraction of sp³-hybridized carbons (Fsp3) is 0.100. The molecule has 0 spiro atoms. The minimum atomic E-state index is -0.500. The molecule has 2 aromatic carbocycles. The number of nitro groups is 1. The lowest BCUT2D eigenvalue weighted by atomic mass is 10.1. The predicted octanol–water partition coefficient (Wildman–Crippen LogP) is 4.60. The van der Waals surface area contributed by atoms with Crippen molar-refractivity contribution in [3.8, 4) is 11.3 Å². The van der Waals surface area contributed by atoms with Gasteiger partial charge in [-0.2, -0.15) is 0 Å². The third-order valence-electron chi connectivity index (χ3n) is 4.47. The summed E-state index contributed by atoms with van der Waals surface area (Å²) >= 11 is 1.40. The van der Waals surface area contributed by atoms with E-state index in [0.29, 0.717) is 11.4 Å². The molecule has 4 aromatic rings. The van der Waals surface area contributed by atoms with Gasteiger partial charge in [-0.05, 0) is 36.8 Å². The Labute approximate surface area is 168 Å². The minimum Gasteiger partial charge on any atom is -0.325 e. The highest BCUT2D eigenvalue weighted by molar-refractivity contribution is 7.15. The number of imidazole rings is 1. The first-order valence-electron chi connectivity index (χ1n) is 8.67. The fourth-order valence-electron chi connectivity index (χ4n) is 2.93. The number of rotatable bonds is 5. The van der Waals surface area contributed by atoms with E-state index in [1.807, 2.05) is 9.78 Å². The van der Waals surface area contributed by atoms with Crippen molar-refractivity contribution in [2.45, 2.75) is 13.3 Å². The van der Waals surface area contributed by atoms with E-state index in [4.69, 9.17) is 0 Å². The average Bonchev–Trinajstić information content (AvgIpc) is 3.26. The van der Waals surface area contributed by atoms with Crippen molar-refractivity contribution in [2.75, 3.05) is 5.32 Å². The second kappa shape index (κ2) is 7.44. The second-order valence-electron chi connectivity index (χ2n) is 6.49. The number of non-ortho nitro benzene ring substituents is 1. The molecular weight excluding hydrogens is 395 g/mol.